The molecular weight excluding hydrogens is 1110 g/mol. The average Bonchev–Trinajstić information content (AvgIpc) is 2.47. The molecule has 86 heavy (non-hydrogen) atoms. The zero-order valence-corrected chi connectivity index (χ0v) is 49.6. The lowest BCUT2D eigenvalue weighted by Crippen LogP contribution is -2.33. The fraction of sp³-hybridized carbons (Fsp3) is 0.404. The van der Waals surface area contributed by atoms with E-state index in [1.165, 1.54) is 33.3 Å². The van der Waals surface area contributed by atoms with Gasteiger partial charge in [-0.3, -0.25) is 37.9 Å². The van der Waals surface area contributed by atoms with Crippen molar-refractivity contribution >= 4 is 58.8 Å². The number of aliphatic hydroxyl groups excluding tert-OH is 1. The highest BCUT2D eigenvalue weighted by Gasteiger charge is 2.41. The van der Waals surface area contributed by atoms with Crippen LogP contribution in [-0.2, 0) is 70.1 Å². The lowest BCUT2D eigenvalue weighted by atomic mass is 10.1. The minimum Gasteiger partial charge on any atom is -0.460 e. The molecule has 0 aliphatic carbocycles. The van der Waals surface area contributed by atoms with Crippen molar-refractivity contribution in [3.05, 3.63) is 141 Å². The Labute approximate surface area is 492 Å². The molecule has 1 atom stereocenters. The van der Waals surface area contributed by atoms with E-state index in [-0.39, 0.29) is 49.9 Å². The highest BCUT2D eigenvalue weighted by molar-refractivity contribution is 6.22. The monoisotopic (exact) mass is 1180 g/mol. The molecule has 1 unspecified atom stereocenters. The molecular formula is C57H67N17O12. The lowest BCUT2D eigenvalue weighted by molar-refractivity contribution is -0.154. The number of nitrogens with one attached hydrogen (secondary N) is 1. The minimum absolute atomic E-state index is 0.0178. The van der Waals surface area contributed by atoms with Crippen LogP contribution in [0.4, 0.5) is 31.4 Å². The Morgan fingerprint density at radius 3 is 1.49 bits per heavy atom. The molecule has 1 aromatic carbocycles. The van der Waals surface area contributed by atoms with E-state index in [4.69, 9.17) is 23.4 Å². The molecule has 7 aromatic heterocycles. The van der Waals surface area contributed by atoms with E-state index in [9.17, 15) is 33.6 Å². The first-order valence-corrected chi connectivity index (χ1v) is 27.4. The van der Waals surface area contributed by atoms with Crippen molar-refractivity contribution < 1.29 is 57.0 Å². The Morgan fingerprint density at radius 1 is 0.628 bits per heavy atom. The van der Waals surface area contributed by atoms with Gasteiger partial charge in [0, 0.05) is 67.1 Å². The van der Waals surface area contributed by atoms with Gasteiger partial charge in [-0.25, -0.2) is 29.1 Å². The number of aliphatic hydroxyl groups is 1. The number of carbonyl (C=O) groups is 7. The summed E-state index contributed by atoms with van der Waals surface area (Å²) < 4.78 is 27.4. The second-order valence-corrected chi connectivity index (χ2v) is 22.0. The van der Waals surface area contributed by atoms with Gasteiger partial charge in [0.15, 0.2) is 0 Å². The third-order valence-corrected chi connectivity index (χ3v) is 14.3. The summed E-state index contributed by atoms with van der Waals surface area (Å²) >= 11 is 0. The molecule has 8 aromatic rings. The molecule has 3 aliphatic heterocycles. The van der Waals surface area contributed by atoms with Crippen LogP contribution in [0.1, 0.15) is 101 Å². The van der Waals surface area contributed by atoms with Gasteiger partial charge in [0.1, 0.15) is 42.0 Å². The molecule has 29 nitrogen and oxygen atoms in total. The molecule has 0 radical (unpaired) electrons. The van der Waals surface area contributed by atoms with Gasteiger partial charge in [0.05, 0.1) is 91.2 Å². The van der Waals surface area contributed by atoms with Gasteiger partial charge in [-0.1, -0.05) is 39.7 Å². The van der Waals surface area contributed by atoms with Crippen LogP contribution in [0.5, 0.6) is 0 Å². The van der Waals surface area contributed by atoms with Crippen LogP contribution in [0.3, 0.4) is 0 Å². The van der Waals surface area contributed by atoms with E-state index >= 15 is 0 Å². The van der Waals surface area contributed by atoms with Crippen molar-refractivity contribution in [1.29, 1.82) is 0 Å². The maximum atomic E-state index is 13.1. The van der Waals surface area contributed by atoms with Crippen LogP contribution >= 0.6 is 0 Å². The van der Waals surface area contributed by atoms with Crippen LogP contribution in [-0.4, -0.2) is 143 Å². The summed E-state index contributed by atoms with van der Waals surface area (Å²) in [6.07, 6.45) is 12.1. The second-order valence-electron chi connectivity index (χ2n) is 22.0. The number of esters is 1. The van der Waals surface area contributed by atoms with Gasteiger partial charge in [-0.2, -0.15) is 20.4 Å². The number of benzene rings is 1. The SMILES string of the molecule is Cc1nn(C)cc1CN1CC(=O)N(c2cnn(Cc3c(C)noc3C)c2)C1=O.Cc1noc(C)c1Cn1cc(N2C(=O)CN(Cc3cccc(CCC(=O)OC(C)(C)C)c3)C2=O)cn1.Cc1noc(C)c1Cn1cc(N2C(=O)NC(CO)C2=O)cn1. The zero-order valence-electron chi connectivity index (χ0n) is 49.6. The summed E-state index contributed by atoms with van der Waals surface area (Å²) in [7, 11) is 1.83. The first kappa shape index (κ1) is 60.5. The molecule has 0 saturated carbocycles. The molecule has 452 valence electrons. The number of amides is 9. The third-order valence-electron chi connectivity index (χ3n) is 14.3. The Bertz CT molecular complexity index is 3790. The van der Waals surface area contributed by atoms with Gasteiger partial charge in [0.25, 0.3) is 17.7 Å². The number of carbonyl (C=O) groups excluding carboxylic acids is 7. The normalized spacial score (nSPS) is 15.3. The molecule has 3 aliphatic rings. The average molecular weight is 1180 g/mol. The third kappa shape index (κ3) is 13.6. The summed E-state index contributed by atoms with van der Waals surface area (Å²) in [6, 6.07) is 5.45. The van der Waals surface area contributed by atoms with E-state index in [1.54, 1.807) is 37.3 Å². The molecule has 3 saturated heterocycles. The lowest BCUT2D eigenvalue weighted by Gasteiger charge is -2.19. The van der Waals surface area contributed by atoms with Crippen molar-refractivity contribution in [1.82, 2.24) is 69.7 Å². The summed E-state index contributed by atoms with van der Waals surface area (Å²) in [5.41, 5.74) is 9.40. The zero-order chi connectivity index (χ0) is 61.9. The summed E-state index contributed by atoms with van der Waals surface area (Å²) in [4.78, 5) is 93.3. The highest BCUT2D eigenvalue weighted by atomic mass is 16.6. The molecule has 29 heteroatoms. The standard InChI is InChI=1S/C26H31N5O5.C18H21N7O3.C13H15N5O4/c1-17-22(18(2)36-28-17)15-30-14-21(12-27-30)31-23(32)16-29(25(31)34)13-20-8-6-7-19(11-20)9-10-24(33)35-26(3,4)5;1-11-14(6-22(4)20-11)7-23-10-17(26)25(18(23)27)15-5-19-24(8-15)9-16-12(2)21-28-13(16)3;1-7-10(8(2)22-16-7)5-17-4-9(3-14-17)18-12(20)11(6-19)15-13(18)21/h6-8,11-12,14H,9-10,13,15-16H2,1-5H3;5-6,8H,7,9-10H2,1-4H3;3-4,11,19H,5-6H2,1-2H3,(H,15,21). The van der Waals surface area contributed by atoms with Gasteiger partial charge < -0.3 is 38.5 Å². The molecule has 0 spiro atoms. The Balaban J connectivity index is 0.000000159. The summed E-state index contributed by atoms with van der Waals surface area (Å²) in [6.45, 7) is 19.9. The number of nitrogens with zero attached hydrogens (tertiary/aromatic N) is 16. The van der Waals surface area contributed by atoms with E-state index < -0.39 is 36.2 Å². The first-order chi connectivity index (χ1) is 40.8. The van der Waals surface area contributed by atoms with Gasteiger partial charge in [-0.05, 0) is 86.8 Å². The number of aryl methyl sites for hydroxylation is 9. The number of hydrogen-bond donors (Lipinski definition) is 2. The largest absolute Gasteiger partial charge is 0.460 e. The van der Waals surface area contributed by atoms with Crippen molar-refractivity contribution in [2.24, 2.45) is 7.05 Å². The molecule has 11 rings (SSSR count). The van der Waals surface area contributed by atoms with E-state index in [0.29, 0.717) is 61.2 Å². The number of anilines is 3. The predicted molar refractivity (Wildman–Crippen MR) is 304 cm³/mol. The maximum Gasteiger partial charge on any atom is 0.332 e. The van der Waals surface area contributed by atoms with Crippen molar-refractivity contribution in [2.75, 3.05) is 34.4 Å². The number of aromatic nitrogens is 11. The van der Waals surface area contributed by atoms with E-state index in [1.807, 2.05) is 107 Å². The second kappa shape index (κ2) is 25.0. The number of hydrogen-bond acceptors (Lipinski definition) is 19. The smallest absolute Gasteiger partial charge is 0.332 e. The van der Waals surface area contributed by atoms with Crippen molar-refractivity contribution in [2.45, 2.75) is 126 Å². The van der Waals surface area contributed by atoms with E-state index in [2.05, 4.69) is 41.2 Å². The Hall–Kier alpha value is -10.1. The van der Waals surface area contributed by atoms with E-state index in [0.717, 1.165) is 71.7 Å². The molecule has 9 amide bonds. The minimum atomic E-state index is -0.904. The molecule has 0 bridgehead atoms. The number of rotatable bonds is 17. The van der Waals surface area contributed by atoms with Crippen LogP contribution in [0, 0.1) is 48.5 Å². The first-order valence-electron chi connectivity index (χ1n) is 27.4. The number of urea groups is 3. The van der Waals surface area contributed by atoms with Crippen LogP contribution in [0.15, 0.2) is 81.2 Å². The molecule has 3 fully saturated rings. The quantitative estimate of drug-likeness (QED) is 0.0865. The molecule has 2 N–H and O–H groups in total. The Kier molecular flexibility index (Phi) is 17.6. The fourth-order valence-electron chi connectivity index (χ4n) is 9.84. The van der Waals surface area contributed by atoms with Gasteiger partial charge >= 0.3 is 24.1 Å². The van der Waals surface area contributed by atoms with Crippen LogP contribution < -0.4 is 20.0 Å². The Morgan fingerprint density at radius 2 is 1.08 bits per heavy atom. The number of ether oxygens (including phenoxy) is 1. The number of imide groups is 3. The topological polar surface area (TPSA) is 327 Å². The van der Waals surface area contributed by atoms with Crippen LogP contribution in [0.2, 0.25) is 0 Å². The maximum absolute atomic E-state index is 13.1. The highest BCUT2D eigenvalue weighted by Crippen LogP contribution is 2.27. The molecule has 10 heterocycles. The predicted octanol–water partition coefficient (Wildman–Crippen LogP) is 5.28. The summed E-state index contributed by atoms with van der Waals surface area (Å²) in [5.74, 6) is 0.799. The van der Waals surface area contributed by atoms with Crippen molar-refractivity contribution in [3.63, 3.8) is 0 Å². The van der Waals surface area contributed by atoms with Gasteiger partial charge in [0.2, 0.25) is 0 Å². The van der Waals surface area contributed by atoms with Crippen LogP contribution in [0.25, 0.3) is 0 Å². The van der Waals surface area contributed by atoms with Gasteiger partial charge in [-0.15, -0.1) is 0 Å². The van der Waals surface area contributed by atoms with Crippen molar-refractivity contribution in [3.8, 4) is 0 Å². The fourth-order valence-corrected chi connectivity index (χ4v) is 9.84. The summed E-state index contributed by atoms with van der Waals surface area (Å²) in [5, 5.41) is 40.2.